The summed E-state index contributed by atoms with van der Waals surface area (Å²) in [6, 6.07) is 5.23. The summed E-state index contributed by atoms with van der Waals surface area (Å²) in [5.74, 6) is 0.438. The molecule has 1 saturated carbocycles. The van der Waals surface area contributed by atoms with Crippen molar-refractivity contribution in [2.75, 3.05) is 38.7 Å². The molecule has 2 saturated heterocycles. The zero-order chi connectivity index (χ0) is 19.7. The first-order valence-electron chi connectivity index (χ1n) is 9.78. The van der Waals surface area contributed by atoms with E-state index in [1.165, 1.54) is 0 Å². The van der Waals surface area contributed by atoms with Gasteiger partial charge in [-0.15, -0.1) is 0 Å². The molecule has 1 unspecified atom stereocenters. The summed E-state index contributed by atoms with van der Waals surface area (Å²) < 4.78 is 10.7. The van der Waals surface area contributed by atoms with E-state index in [9.17, 15) is 9.59 Å². The zero-order valence-electron chi connectivity index (χ0n) is 16.0. The summed E-state index contributed by atoms with van der Waals surface area (Å²) in [4.78, 5) is 27.5. The Morgan fingerprint density at radius 1 is 1.29 bits per heavy atom. The fraction of sp³-hybridized carbons (Fsp3) is 0.600. The van der Waals surface area contributed by atoms with Crippen LogP contribution in [0.2, 0.25) is 5.02 Å². The molecule has 2 N–H and O–H groups in total. The van der Waals surface area contributed by atoms with Gasteiger partial charge < -0.3 is 25.0 Å². The first-order valence-corrected chi connectivity index (χ1v) is 10.2. The number of rotatable bonds is 4. The molecule has 1 aromatic carbocycles. The number of likely N-dealkylation sites (tertiary alicyclic amines) is 1. The van der Waals surface area contributed by atoms with Crippen LogP contribution in [0.3, 0.4) is 0 Å². The van der Waals surface area contributed by atoms with E-state index in [4.69, 9.17) is 21.1 Å². The Hall–Kier alpha value is -1.99. The largest absolute Gasteiger partial charge is 0.495 e. The van der Waals surface area contributed by atoms with Gasteiger partial charge in [-0.2, -0.15) is 0 Å². The number of carbonyl (C=O) groups is 2. The van der Waals surface area contributed by atoms with Crippen molar-refractivity contribution < 1.29 is 19.1 Å². The number of nitrogens with one attached hydrogen (secondary N) is 2. The third kappa shape index (κ3) is 3.91. The van der Waals surface area contributed by atoms with Crippen molar-refractivity contribution in [3.63, 3.8) is 0 Å². The lowest BCUT2D eigenvalue weighted by Crippen LogP contribution is -2.45. The Morgan fingerprint density at radius 3 is 2.68 bits per heavy atom. The lowest BCUT2D eigenvalue weighted by Gasteiger charge is -2.37. The van der Waals surface area contributed by atoms with Crippen molar-refractivity contribution in [2.45, 2.75) is 31.7 Å². The van der Waals surface area contributed by atoms with Crippen molar-refractivity contribution in [3.8, 4) is 5.75 Å². The van der Waals surface area contributed by atoms with Crippen LogP contribution in [0.5, 0.6) is 5.75 Å². The van der Waals surface area contributed by atoms with Crippen LogP contribution in [0, 0.1) is 11.3 Å². The molecule has 152 valence electrons. The summed E-state index contributed by atoms with van der Waals surface area (Å²) >= 11 is 6.15. The van der Waals surface area contributed by atoms with Gasteiger partial charge in [-0.25, -0.2) is 4.79 Å². The summed E-state index contributed by atoms with van der Waals surface area (Å²) in [5.41, 5.74) is 0.397. The minimum atomic E-state index is -0.214. The third-order valence-electron chi connectivity index (χ3n) is 6.07. The van der Waals surface area contributed by atoms with Gasteiger partial charge in [-0.3, -0.25) is 4.79 Å². The maximum absolute atomic E-state index is 12.9. The molecule has 2 heterocycles. The average molecular weight is 408 g/mol. The van der Waals surface area contributed by atoms with Crippen LogP contribution >= 0.6 is 11.6 Å². The van der Waals surface area contributed by atoms with Gasteiger partial charge >= 0.3 is 6.03 Å². The van der Waals surface area contributed by atoms with E-state index >= 15 is 0 Å². The molecule has 3 aliphatic rings. The van der Waals surface area contributed by atoms with Gasteiger partial charge in [-0.05, 0) is 43.9 Å². The Labute approximate surface area is 169 Å². The number of urea groups is 1. The Morgan fingerprint density at radius 2 is 2.04 bits per heavy atom. The van der Waals surface area contributed by atoms with Crippen molar-refractivity contribution in [3.05, 3.63) is 23.2 Å². The second kappa shape index (κ2) is 7.79. The van der Waals surface area contributed by atoms with E-state index in [1.54, 1.807) is 30.2 Å². The number of hydrogen-bond donors (Lipinski definition) is 2. The van der Waals surface area contributed by atoms with Crippen LogP contribution in [0.25, 0.3) is 0 Å². The maximum atomic E-state index is 12.9. The predicted octanol–water partition coefficient (Wildman–Crippen LogP) is 2.89. The lowest BCUT2D eigenvalue weighted by atomic mass is 9.71. The van der Waals surface area contributed by atoms with Crippen LogP contribution in [-0.2, 0) is 9.53 Å². The number of hydrogen-bond acceptors (Lipinski definition) is 4. The highest BCUT2D eigenvalue weighted by Crippen LogP contribution is 2.45. The van der Waals surface area contributed by atoms with Gasteiger partial charge in [0.15, 0.2) is 0 Å². The quantitative estimate of drug-likeness (QED) is 0.804. The Kier molecular flexibility index (Phi) is 5.38. The van der Waals surface area contributed by atoms with E-state index in [2.05, 4.69) is 10.6 Å². The number of anilines is 1. The third-order valence-corrected chi connectivity index (χ3v) is 6.36. The van der Waals surface area contributed by atoms with E-state index in [0.717, 1.165) is 25.7 Å². The highest BCUT2D eigenvalue weighted by atomic mass is 35.5. The standard InChI is InChI=1S/C20H26ClN3O4/c1-27-17-5-4-14(10-16(17)21)23-19(26)24-11-15(18(25)22-13-2-3-13)20(12-24)6-8-28-9-7-20/h4-5,10,13,15H,2-3,6-9,11-12H2,1H3,(H,22,25)(H,23,26). The van der Waals surface area contributed by atoms with Gasteiger partial charge in [0.1, 0.15) is 5.75 Å². The summed E-state index contributed by atoms with van der Waals surface area (Å²) in [6.45, 7) is 2.26. The molecule has 0 radical (unpaired) electrons. The SMILES string of the molecule is COc1ccc(NC(=O)N2CC(C(=O)NC3CC3)C3(CCOCC3)C2)cc1Cl. The number of nitrogens with zero attached hydrogens (tertiary/aromatic N) is 1. The molecular weight excluding hydrogens is 382 g/mol. The van der Waals surface area contributed by atoms with E-state index in [-0.39, 0.29) is 23.3 Å². The van der Waals surface area contributed by atoms with Gasteiger partial charge in [0, 0.05) is 43.4 Å². The monoisotopic (exact) mass is 407 g/mol. The fourth-order valence-electron chi connectivity index (χ4n) is 4.25. The van der Waals surface area contributed by atoms with E-state index in [0.29, 0.717) is 48.8 Å². The molecule has 8 heteroatoms. The fourth-order valence-corrected chi connectivity index (χ4v) is 4.50. The predicted molar refractivity (Wildman–Crippen MR) is 106 cm³/mol. The Bertz CT molecular complexity index is 762. The zero-order valence-corrected chi connectivity index (χ0v) is 16.8. The molecule has 3 fully saturated rings. The second-order valence-electron chi connectivity index (χ2n) is 7.97. The number of ether oxygens (including phenoxy) is 2. The molecule has 7 nitrogen and oxygen atoms in total. The number of carbonyl (C=O) groups excluding carboxylic acids is 2. The van der Waals surface area contributed by atoms with Crippen LogP contribution in [-0.4, -0.2) is 56.3 Å². The smallest absolute Gasteiger partial charge is 0.321 e. The summed E-state index contributed by atoms with van der Waals surface area (Å²) in [6.07, 6.45) is 3.70. The molecule has 2 aliphatic heterocycles. The number of methoxy groups -OCH3 is 1. The summed E-state index contributed by atoms with van der Waals surface area (Å²) in [5, 5.41) is 6.46. The maximum Gasteiger partial charge on any atom is 0.321 e. The first-order chi connectivity index (χ1) is 13.5. The minimum Gasteiger partial charge on any atom is -0.495 e. The molecule has 1 atom stereocenters. The van der Waals surface area contributed by atoms with Gasteiger partial charge in [0.25, 0.3) is 0 Å². The lowest BCUT2D eigenvalue weighted by molar-refractivity contribution is -0.130. The van der Waals surface area contributed by atoms with Crippen LogP contribution in [0.1, 0.15) is 25.7 Å². The number of amides is 3. The number of halogens is 1. The Balaban J connectivity index is 1.47. The summed E-state index contributed by atoms with van der Waals surface area (Å²) in [7, 11) is 1.55. The molecule has 3 amide bonds. The van der Waals surface area contributed by atoms with Crippen molar-refractivity contribution in [2.24, 2.45) is 11.3 Å². The van der Waals surface area contributed by atoms with Crippen LogP contribution < -0.4 is 15.4 Å². The first kappa shape index (κ1) is 19.3. The molecule has 1 aliphatic carbocycles. The van der Waals surface area contributed by atoms with E-state index < -0.39 is 0 Å². The molecule has 0 aromatic heterocycles. The van der Waals surface area contributed by atoms with Crippen LogP contribution in [0.15, 0.2) is 18.2 Å². The highest BCUT2D eigenvalue weighted by molar-refractivity contribution is 6.32. The molecule has 28 heavy (non-hydrogen) atoms. The minimum absolute atomic E-state index is 0.0761. The average Bonchev–Trinajstić information content (AvgIpc) is 3.42. The normalized spacial score (nSPS) is 23.5. The molecular formula is C20H26ClN3O4. The van der Waals surface area contributed by atoms with Crippen molar-refractivity contribution in [1.29, 1.82) is 0 Å². The molecule has 1 aromatic rings. The highest BCUT2D eigenvalue weighted by Gasteiger charge is 2.52. The van der Waals surface area contributed by atoms with Gasteiger partial charge in [-0.1, -0.05) is 11.6 Å². The topological polar surface area (TPSA) is 79.9 Å². The van der Waals surface area contributed by atoms with E-state index in [1.807, 2.05) is 0 Å². The molecule has 4 rings (SSSR count). The molecule has 0 bridgehead atoms. The van der Waals surface area contributed by atoms with Crippen molar-refractivity contribution >= 4 is 29.2 Å². The molecule has 1 spiro atoms. The van der Waals surface area contributed by atoms with Crippen molar-refractivity contribution in [1.82, 2.24) is 10.2 Å². The van der Waals surface area contributed by atoms with Gasteiger partial charge in [0.05, 0.1) is 18.1 Å². The van der Waals surface area contributed by atoms with Gasteiger partial charge in [0.2, 0.25) is 5.91 Å². The second-order valence-corrected chi connectivity index (χ2v) is 8.38. The number of benzene rings is 1. The van der Waals surface area contributed by atoms with Crippen LogP contribution in [0.4, 0.5) is 10.5 Å².